The predicted octanol–water partition coefficient (Wildman–Crippen LogP) is 5.42. The maximum absolute atomic E-state index is 13.0. The van der Waals surface area contributed by atoms with Gasteiger partial charge in [-0.2, -0.15) is 4.99 Å². The van der Waals surface area contributed by atoms with Crippen molar-refractivity contribution >= 4 is 45.6 Å². The standard InChI is InChI=1S/C26H26N6O3S.2C2H6/c1-16-15-19(25(36-16)32-11-13-34-14-12-32)22(27)35-26(28)31-23-24(33)29-20-10-6-5-9-18(20)21(30-23)17-7-3-2-4-8-17;2*1-2/h2-10,15,23,27H,11-14H2,1H3,(H2,28,31)(H,29,33);2*1-2H3. The zero-order chi connectivity index (χ0) is 29.1. The molecule has 5 rings (SSSR count). The molecule has 4 N–H and O–H groups in total. The Balaban J connectivity index is 0.00000106. The Bertz CT molecular complexity index is 1350. The van der Waals surface area contributed by atoms with Crippen molar-refractivity contribution in [1.29, 1.82) is 5.41 Å². The van der Waals surface area contributed by atoms with Crippen molar-refractivity contribution in [2.45, 2.75) is 40.8 Å². The Morgan fingerprint density at radius 2 is 1.75 bits per heavy atom. The van der Waals surface area contributed by atoms with Gasteiger partial charge in [0.1, 0.15) is 5.00 Å². The average Bonchev–Trinajstić information content (AvgIpc) is 3.34. The van der Waals surface area contributed by atoms with E-state index in [1.54, 1.807) is 11.3 Å². The minimum atomic E-state index is -1.18. The Morgan fingerprint density at radius 3 is 2.45 bits per heavy atom. The number of amides is 1. The van der Waals surface area contributed by atoms with Gasteiger partial charge in [-0.25, -0.2) is 4.99 Å². The number of benzodiazepines with no additional fused rings is 1. The second kappa shape index (κ2) is 14.9. The van der Waals surface area contributed by atoms with Crippen LogP contribution in [0.5, 0.6) is 0 Å². The van der Waals surface area contributed by atoms with E-state index in [0.717, 1.165) is 34.1 Å². The van der Waals surface area contributed by atoms with Crippen molar-refractivity contribution in [3.05, 3.63) is 82.2 Å². The highest BCUT2D eigenvalue weighted by atomic mass is 32.1. The van der Waals surface area contributed by atoms with Gasteiger partial charge < -0.3 is 25.4 Å². The lowest BCUT2D eigenvalue weighted by molar-refractivity contribution is -0.117. The number of benzene rings is 2. The lowest BCUT2D eigenvalue weighted by atomic mass is 10.0. The monoisotopic (exact) mass is 562 g/mol. The van der Waals surface area contributed by atoms with E-state index in [1.807, 2.05) is 95.3 Å². The number of aliphatic imine (C=N–C) groups is 2. The number of rotatable bonds is 4. The van der Waals surface area contributed by atoms with E-state index < -0.39 is 12.1 Å². The summed E-state index contributed by atoms with van der Waals surface area (Å²) >= 11 is 1.59. The van der Waals surface area contributed by atoms with Crippen LogP contribution in [0.2, 0.25) is 0 Å². The van der Waals surface area contributed by atoms with Gasteiger partial charge in [0.2, 0.25) is 12.1 Å². The van der Waals surface area contributed by atoms with Crippen molar-refractivity contribution in [1.82, 2.24) is 0 Å². The summed E-state index contributed by atoms with van der Waals surface area (Å²) in [6.07, 6.45) is -1.18. The number of aryl methyl sites for hydroxylation is 1. The van der Waals surface area contributed by atoms with Gasteiger partial charge >= 0.3 is 0 Å². The number of nitrogens with one attached hydrogen (secondary N) is 2. The highest BCUT2D eigenvalue weighted by Crippen LogP contribution is 2.32. The Kier molecular flexibility index (Phi) is 11.4. The lowest BCUT2D eigenvalue weighted by Gasteiger charge is -2.28. The van der Waals surface area contributed by atoms with E-state index in [9.17, 15) is 4.79 Å². The van der Waals surface area contributed by atoms with Crippen LogP contribution in [0.1, 0.15) is 49.3 Å². The SMILES string of the molecule is CC.CC.Cc1cc(C(=N)O/C(N)=N/C2N=C(c3ccccc3)c3ccccc3NC2=O)c(N2CCOCC2)s1. The van der Waals surface area contributed by atoms with E-state index in [0.29, 0.717) is 30.2 Å². The first-order chi connectivity index (χ1) is 19.5. The molecular formula is C30H38N6O3S. The summed E-state index contributed by atoms with van der Waals surface area (Å²) in [5, 5.41) is 12.4. The maximum Gasteiger partial charge on any atom is 0.291 e. The van der Waals surface area contributed by atoms with Crippen LogP contribution in [0, 0.1) is 12.3 Å². The Hall–Kier alpha value is -4.02. The molecule has 0 saturated carbocycles. The van der Waals surface area contributed by atoms with Crippen molar-refractivity contribution in [2.75, 3.05) is 36.5 Å². The molecule has 40 heavy (non-hydrogen) atoms. The van der Waals surface area contributed by atoms with Crippen LogP contribution in [0.3, 0.4) is 0 Å². The van der Waals surface area contributed by atoms with Crippen molar-refractivity contribution in [2.24, 2.45) is 15.7 Å². The van der Waals surface area contributed by atoms with Gasteiger partial charge in [0.05, 0.1) is 30.2 Å². The molecule has 0 aliphatic carbocycles. The number of ether oxygens (including phenoxy) is 2. The molecule has 1 saturated heterocycles. The van der Waals surface area contributed by atoms with Crippen molar-refractivity contribution in [3.63, 3.8) is 0 Å². The number of nitrogens with zero attached hydrogens (tertiary/aromatic N) is 3. The summed E-state index contributed by atoms with van der Waals surface area (Å²) in [5.74, 6) is -0.571. The molecule has 0 spiro atoms. The Morgan fingerprint density at radius 1 is 1.10 bits per heavy atom. The number of hydrogen-bond acceptors (Lipinski definition) is 8. The lowest BCUT2D eigenvalue weighted by Crippen LogP contribution is -2.36. The molecule has 1 amide bonds. The predicted molar refractivity (Wildman–Crippen MR) is 165 cm³/mol. The van der Waals surface area contributed by atoms with Crippen LogP contribution >= 0.6 is 11.3 Å². The van der Waals surface area contributed by atoms with Gasteiger partial charge in [0, 0.05) is 29.1 Å². The molecular weight excluding hydrogens is 524 g/mol. The number of morpholine rings is 1. The maximum atomic E-state index is 13.0. The minimum absolute atomic E-state index is 0.133. The topological polar surface area (TPSA) is 125 Å². The molecule has 9 nitrogen and oxygen atoms in total. The normalized spacial score (nSPS) is 16.6. The molecule has 0 bridgehead atoms. The van der Waals surface area contributed by atoms with Crippen LogP contribution < -0.4 is 16.0 Å². The molecule has 1 aromatic heterocycles. The van der Waals surface area contributed by atoms with Crippen LogP contribution in [0.25, 0.3) is 0 Å². The van der Waals surface area contributed by atoms with Gasteiger partial charge in [-0.15, -0.1) is 11.3 Å². The van der Waals surface area contributed by atoms with Crippen LogP contribution in [0.15, 0.2) is 70.6 Å². The van der Waals surface area contributed by atoms with Crippen molar-refractivity contribution in [3.8, 4) is 0 Å². The number of para-hydroxylation sites is 1. The molecule has 2 aliphatic heterocycles. The molecule has 10 heteroatoms. The number of nitrogens with two attached hydrogens (primary N) is 1. The minimum Gasteiger partial charge on any atom is -0.407 e. The fraction of sp³-hybridized carbons (Fsp3) is 0.333. The number of carbonyl (C=O) groups excluding carboxylic acids is 1. The molecule has 2 aromatic carbocycles. The van der Waals surface area contributed by atoms with E-state index in [1.165, 1.54) is 0 Å². The van der Waals surface area contributed by atoms with Gasteiger partial charge in [0.25, 0.3) is 11.9 Å². The number of thiophene rings is 1. The second-order valence-electron chi connectivity index (χ2n) is 8.33. The summed E-state index contributed by atoms with van der Waals surface area (Å²) in [5.41, 5.74) is 9.60. The third-order valence-electron chi connectivity index (χ3n) is 5.81. The summed E-state index contributed by atoms with van der Waals surface area (Å²) < 4.78 is 11.1. The van der Waals surface area contributed by atoms with Gasteiger partial charge in [-0.05, 0) is 19.1 Å². The summed E-state index contributed by atoms with van der Waals surface area (Å²) in [6, 6.07) is 18.6. The van der Waals surface area contributed by atoms with Gasteiger partial charge in [-0.3, -0.25) is 10.2 Å². The molecule has 3 heterocycles. The van der Waals surface area contributed by atoms with Crippen molar-refractivity contribution < 1.29 is 14.3 Å². The number of amidine groups is 1. The number of fused-ring (bicyclic) bond motifs is 1. The van der Waals surface area contributed by atoms with E-state index in [4.69, 9.17) is 20.6 Å². The molecule has 1 atom stereocenters. The molecule has 0 radical (unpaired) electrons. The van der Waals surface area contributed by atoms with E-state index in [2.05, 4.69) is 20.2 Å². The number of hydrogen-bond donors (Lipinski definition) is 3. The van der Waals surface area contributed by atoms with E-state index in [-0.39, 0.29) is 11.9 Å². The molecule has 212 valence electrons. The zero-order valence-electron chi connectivity index (χ0n) is 23.7. The fourth-order valence-corrected chi connectivity index (χ4v) is 5.19. The van der Waals surface area contributed by atoms with Crippen LogP contribution in [0.4, 0.5) is 10.7 Å². The number of carbonyl (C=O) groups is 1. The molecule has 3 aromatic rings. The van der Waals surface area contributed by atoms with Gasteiger partial charge in [0.15, 0.2) is 0 Å². The van der Waals surface area contributed by atoms with Gasteiger partial charge in [-0.1, -0.05) is 76.2 Å². The van der Waals surface area contributed by atoms with E-state index >= 15 is 0 Å². The first kappa shape index (κ1) is 30.5. The molecule has 1 unspecified atom stereocenters. The highest BCUT2D eigenvalue weighted by Gasteiger charge is 2.27. The second-order valence-corrected chi connectivity index (χ2v) is 9.56. The summed E-state index contributed by atoms with van der Waals surface area (Å²) in [6.45, 7) is 12.7. The highest BCUT2D eigenvalue weighted by molar-refractivity contribution is 7.16. The average molecular weight is 563 g/mol. The fourth-order valence-electron chi connectivity index (χ4n) is 4.13. The zero-order valence-corrected chi connectivity index (χ0v) is 24.5. The summed E-state index contributed by atoms with van der Waals surface area (Å²) in [4.78, 5) is 25.1. The first-order valence-electron chi connectivity index (χ1n) is 13.6. The van der Waals surface area contributed by atoms with Crippen LogP contribution in [-0.4, -0.2) is 56.0 Å². The Labute approximate surface area is 240 Å². The molecule has 2 aliphatic rings. The molecule has 1 fully saturated rings. The largest absolute Gasteiger partial charge is 0.407 e. The smallest absolute Gasteiger partial charge is 0.291 e. The third kappa shape index (κ3) is 7.34. The third-order valence-corrected chi connectivity index (χ3v) is 6.92. The first-order valence-corrected chi connectivity index (χ1v) is 14.4. The van der Waals surface area contributed by atoms with Crippen LogP contribution in [-0.2, 0) is 14.3 Å². The quantitative estimate of drug-likeness (QED) is 0.289. The number of anilines is 2. The summed E-state index contributed by atoms with van der Waals surface area (Å²) in [7, 11) is 0.